The molecule has 1 atom stereocenters. The molecule has 25 heavy (non-hydrogen) atoms. The van der Waals surface area contributed by atoms with Crippen molar-refractivity contribution in [1.29, 1.82) is 0 Å². The number of hydrogen-bond donors (Lipinski definition) is 0. The van der Waals surface area contributed by atoms with Crippen LogP contribution in [0.4, 0.5) is 4.39 Å². The fourth-order valence-corrected chi connectivity index (χ4v) is 4.93. The molecule has 0 spiro atoms. The zero-order valence-corrected chi connectivity index (χ0v) is 16.4. The number of carbonyl (C=O) groups is 1. The number of hydrogen-bond acceptors (Lipinski definition) is 4. The van der Waals surface area contributed by atoms with Gasteiger partial charge in [-0.3, -0.25) is 9.36 Å². The Morgan fingerprint density at radius 2 is 1.60 bits per heavy atom. The van der Waals surface area contributed by atoms with Gasteiger partial charge in [0.15, 0.2) is 0 Å². The van der Waals surface area contributed by atoms with Crippen LogP contribution in [-0.4, -0.2) is 24.7 Å². The van der Waals surface area contributed by atoms with E-state index in [1.165, 1.54) is 19.1 Å². The van der Waals surface area contributed by atoms with E-state index in [-0.39, 0.29) is 24.8 Å². The van der Waals surface area contributed by atoms with Gasteiger partial charge in [0.1, 0.15) is 17.3 Å². The van der Waals surface area contributed by atoms with Gasteiger partial charge in [-0.2, -0.15) is 0 Å². The van der Waals surface area contributed by atoms with Crippen molar-refractivity contribution in [1.82, 2.24) is 0 Å². The van der Waals surface area contributed by atoms with Gasteiger partial charge < -0.3 is 9.05 Å². The topological polar surface area (TPSA) is 52.6 Å². The average molecular weight is 372 g/mol. The highest BCUT2D eigenvalue weighted by Gasteiger charge is 2.38. The number of carbonyl (C=O) groups excluding carboxylic acids is 1. The first-order chi connectivity index (χ1) is 11.9. The van der Waals surface area contributed by atoms with E-state index in [9.17, 15) is 13.8 Å². The Labute approximate surface area is 150 Å². The third-order valence-electron chi connectivity index (χ3n) is 4.08. The molecule has 4 nitrogen and oxygen atoms in total. The predicted octanol–water partition coefficient (Wildman–Crippen LogP) is 5.54. The minimum absolute atomic E-state index is 0.142. The summed E-state index contributed by atoms with van der Waals surface area (Å²) in [5, 5.41) is 0. The van der Waals surface area contributed by atoms with E-state index in [1.807, 2.05) is 12.1 Å². The summed E-state index contributed by atoms with van der Waals surface area (Å²) < 4.78 is 36.3. The summed E-state index contributed by atoms with van der Waals surface area (Å²) >= 11 is 0. The zero-order chi connectivity index (χ0) is 18.7. The van der Waals surface area contributed by atoms with Crippen molar-refractivity contribution in [2.75, 3.05) is 13.2 Å². The molecule has 0 heterocycles. The maximum absolute atomic E-state index is 12.9. The number of rotatable bonds is 13. The largest absolute Gasteiger partial charge is 0.341 e. The second-order valence-corrected chi connectivity index (χ2v) is 8.30. The molecular formula is C19H30FO4P. The smallest absolute Gasteiger partial charge is 0.308 e. The maximum Gasteiger partial charge on any atom is 0.341 e. The Morgan fingerprint density at radius 3 is 2.12 bits per heavy atom. The molecule has 142 valence electrons. The number of Topliss-reactive ketones (excluding diaryl/α,β-unsaturated/α-hetero) is 1. The molecule has 1 unspecified atom stereocenters. The molecule has 0 saturated heterocycles. The highest BCUT2D eigenvalue weighted by atomic mass is 31.2. The van der Waals surface area contributed by atoms with Crippen LogP contribution in [0.3, 0.4) is 0 Å². The summed E-state index contributed by atoms with van der Waals surface area (Å²) in [6, 6.07) is 6.57. The first-order valence-electron chi connectivity index (χ1n) is 9.06. The Hall–Kier alpha value is -1.03. The summed E-state index contributed by atoms with van der Waals surface area (Å²) in [6.45, 7) is 5.47. The van der Waals surface area contributed by atoms with Crippen LogP contribution in [0.25, 0.3) is 0 Å². The van der Waals surface area contributed by atoms with Crippen LogP contribution in [0.1, 0.15) is 58.4 Å². The molecule has 6 heteroatoms. The maximum atomic E-state index is 12.9. The monoisotopic (exact) mass is 372 g/mol. The van der Waals surface area contributed by atoms with Gasteiger partial charge in [0, 0.05) is 0 Å². The number of aryl methyl sites for hydroxylation is 1. The molecule has 0 radical (unpaired) electrons. The first kappa shape index (κ1) is 22.0. The van der Waals surface area contributed by atoms with Crippen LogP contribution in [0.15, 0.2) is 24.3 Å². The van der Waals surface area contributed by atoms with E-state index in [1.54, 1.807) is 13.8 Å². The highest BCUT2D eigenvalue weighted by Crippen LogP contribution is 2.54. The van der Waals surface area contributed by atoms with Gasteiger partial charge in [-0.25, -0.2) is 4.39 Å². The molecule has 0 amide bonds. The lowest BCUT2D eigenvalue weighted by molar-refractivity contribution is -0.117. The minimum Gasteiger partial charge on any atom is -0.308 e. The van der Waals surface area contributed by atoms with Crippen LogP contribution >= 0.6 is 7.60 Å². The molecule has 0 aromatic heterocycles. The summed E-state index contributed by atoms with van der Waals surface area (Å²) in [5.41, 5.74) is 0.449. The summed E-state index contributed by atoms with van der Waals surface area (Å²) in [5.74, 6) is -0.358. The second kappa shape index (κ2) is 11.6. The zero-order valence-electron chi connectivity index (χ0n) is 15.5. The molecule has 0 fully saturated rings. The van der Waals surface area contributed by atoms with E-state index in [0.717, 1.165) is 37.7 Å². The first-order valence-corrected chi connectivity index (χ1v) is 10.7. The van der Waals surface area contributed by atoms with Crippen molar-refractivity contribution in [3.8, 4) is 0 Å². The van der Waals surface area contributed by atoms with Crippen LogP contribution in [0.2, 0.25) is 0 Å². The van der Waals surface area contributed by atoms with Crippen molar-refractivity contribution in [3.05, 3.63) is 35.6 Å². The molecule has 0 saturated carbocycles. The molecule has 0 aliphatic rings. The van der Waals surface area contributed by atoms with E-state index < -0.39 is 13.3 Å². The number of ketones is 1. The summed E-state index contributed by atoms with van der Waals surface area (Å²) in [4.78, 5) is 11.9. The highest BCUT2D eigenvalue weighted by molar-refractivity contribution is 7.55. The molecule has 0 aliphatic heterocycles. The number of halogens is 1. The normalized spacial score (nSPS) is 13.0. The van der Waals surface area contributed by atoms with Crippen molar-refractivity contribution in [2.45, 2.75) is 65.0 Å². The van der Waals surface area contributed by atoms with E-state index in [4.69, 9.17) is 9.05 Å². The van der Waals surface area contributed by atoms with Gasteiger partial charge in [-0.05, 0) is 57.7 Å². The van der Waals surface area contributed by atoms with Gasteiger partial charge >= 0.3 is 7.60 Å². The quantitative estimate of drug-likeness (QED) is 0.337. The molecule has 0 aliphatic carbocycles. The van der Waals surface area contributed by atoms with Gasteiger partial charge in [-0.1, -0.05) is 31.4 Å². The predicted molar refractivity (Wildman–Crippen MR) is 98.5 cm³/mol. The molecule has 0 N–H and O–H groups in total. The van der Waals surface area contributed by atoms with Crippen LogP contribution in [0.5, 0.6) is 0 Å². The average Bonchev–Trinajstić information content (AvgIpc) is 2.55. The Bertz CT molecular complexity index is 549. The minimum atomic E-state index is -3.38. The Balaban J connectivity index is 2.38. The molecular weight excluding hydrogens is 342 g/mol. The van der Waals surface area contributed by atoms with Gasteiger partial charge in [0.25, 0.3) is 0 Å². The fourth-order valence-electron chi connectivity index (χ4n) is 2.83. The lowest BCUT2D eigenvalue weighted by atomic mass is 10.0. The summed E-state index contributed by atoms with van der Waals surface area (Å²) in [6.07, 6.45) is 5.19. The third-order valence-corrected chi connectivity index (χ3v) is 6.70. The fraction of sp³-hybridized carbons (Fsp3) is 0.632. The summed E-state index contributed by atoms with van der Waals surface area (Å²) in [7, 11) is -3.38. The van der Waals surface area contributed by atoms with Crippen molar-refractivity contribution < 1.29 is 22.8 Å². The lowest BCUT2D eigenvalue weighted by Crippen LogP contribution is -2.21. The second-order valence-electron chi connectivity index (χ2n) is 6.08. The van der Waals surface area contributed by atoms with E-state index in [2.05, 4.69) is 0 Å². The van der Waals surface area contributed by atoms with Gasteiger partial charge in [-0.15, -0.1) is 0 Å². The Morgan fingerprint density at radius 1 is 1.04 bits per heavy atom. The van der Waals surface area contributed by atoms with Crippen molar-refractivity contribution in [2.24, 2.45) is 0 Å². The van der Waals surface area contributed by atoms with Crippen LogP contribution in [-0.2, 0) is 24.8 Å². The van der Waals surface area contributed by atoms with Crippen molar-refractivity contribution in [3.63, 3.8) is 0 Å². The Kier molecular flexibility index (Phi) is 10.2. The standard InChI is InChI=1S/C19H30FO4P/c1-4-23-25(22,24-5-2)19(16(3)21)11-9-7-6-8-10-17-12-14-18(20)15-13-17/h12-15,19H,4-11H2,1-3H3. The number of benzene rings is 1. The van der Waals surface area contributed by atoms with Crippen LogP contribution in [0, 0.1) is 5.82 Å². The number of unbranched alkanes of at least 4 members (excludes halogenated alkanes) is 3. The molecule has 1 aromatic carbocycles. The molecule has 1 aromatic rings. The van der Waals surface area contributed by atoms with Gasteiger partial charge in [0.2, 0.25) is 0 Å². The van der Waals surface area contributed by atoms with E-state index >= 15 is 0 Å². The van der Waals surface area contributed by atoms with Crippen LogP contribution < -0.4 is 0 Å². The van der Waals surface area contributed by atoms with E-state index in [0.29, 0.717) is 6.42 Å². The SMILES string of the molecule is CCOP(=O)(OCC)C(CCCCCCc1ccc(F)cc1)C(C)=O. The van der Waals surface area contributed by atoms with Gasteiger partial charge in [0.05, 0.1) is 13.2 Å². The third kappa shape index (κ3) is 7.81. The molecule has 0 bridgehead atoms. The van der Waals surface area contributed by atoms with Crippen molar-refractivity contribution >= 4 is 13.4 Å². The molecule has 1 rings (SSSR count). The lowest BCUT2D eigenvalue weighted by Gasteiger charge is -2.24.